The lowest BCUT2D eigenvalue weighted by molar-refractivity contribution is -0.116. The Kier molecular flexibility index (Phi) is 8.66. The molecule has 0 aliphatic carbocycles. The molecule has 2 aromatic carbocycles. The highest BCUT2D eigenvalue weighted by Gasteiger charge is 2.21. The van der Waals surface area contributed by atoms with Crippen LogP contribution in [0, 0.1) is 5.41 Å². The van der Waals surface area contributed by atoms with Gasteiger partial charge in [0.1, 0.15) is 5.75 Å². The van der Waals surface area contributed by atoms with Crippen LogP contribution < -0.4 is 10.1 Å². The molecular formula is C26H37NO4. The highest BCUT2D eigenvalue weighted by molar-refractivity contribution is 5.92. The van der Waals surface area contributed by atoms with E-state index in [-0.39, 0.29) is 43.5 Å². The second kappa shape index (κ2) is 10.8. The maximum absolute atomic E-state index is 12.5. The van der Waals surface area contributed by atoms with Crippen molar-refractivity contribution in [1.29, 1.82) is 0 Å². The monoisotopic (exact) mass is 427 g/mol. The molecular weight excluding hydrogens is 390 g/mol. The van der Waals surface area contributed by atoms with Crippen LogP contribution in [0.3, 0.4) is 0 Å². The quantitative estimate of drug-likeness (QED) is 0.504. The lowest BCUT2D eigenvalue weighted by Crippen LogP contribution is -2.18. The zero-order valence-electron chi connectivity index (χ0n) is 19.7. The van der Waals surface area contributed by atoms with Gasteiger partial charge in [-0.05, 0) is 40.5 Å². The number of benzene rings is 2. The number of nitrogens with one attached hydrogen (secondary N) is 1. The molecule has 0 aliphatic rings. The van der Waals surface area contributed by atoms with E-state index < -0.39 is 0 Å². The standard InChI is InChI=1S/C26H37NO4/c1-17(2)20-13-21(15-28)25(22(14-20)16-29)27-24(30)11-12-31-23-9-7-19(8-10-23)18(3)26(4,5)6/h7-10,13-14,17-18,28-29H,11-12,15-16H2,1-6H3,(H,27,30). The number of aliphatic hydroxyl groups is 2. The molecule has 0 saturated heterocycles. The molecule has 0 radical (unpaired) electrons. The highest BCUT2D eigenvalue weighted by Crippen LogP contribution is 2.35. The van der Waals surface area contributed by atoms with Crippen molar-refractivity contribution < 1.29 is 19.7 Å². The number of amides is 1. The fraction of sp³-hybridized carbons (Fsp3) is 0.500. The SMILES string of the molecule is CC(C)c1cc(CO)c(NC(=O)CCOc2ccc(C(C)C(C)(C)C)cc2)c(CO)c1. The van der Waals surface area contributed by atoms with Gasteiger partial charge in [0, 0.05) is 11.1 Å². The third-order valence-electron chi connectivity index (χ3n) is 5.87. The Labute approximate surface area is 186 Å². The summed E-state index contributed by atoms with van der Waals surface area (Å²) < 4.78 is 5.74. The minimum absolute atomic E-state index is 0.168. The summed E-state index contributed by atoms with van der Waals surface area (Å²) in [7, 11) is 0. The molecule has 5 nitrogen and oxygen atoms in total. The van der Waals surface area contributed by atoms with Crippen LogP contribution in [0.25, 0.3) is 0 Å². The van der Waals surface area contributed by atoms with Crippen molar-refractivity contribution in [3.63, 3.8) is 0 Å². The zero-order valence-corrected chi connectivity index (χ0v) is 19.7. The van der Waals surface area contributed by atoms with Gasteiger partial charge in [0.2, 0.25) is 5.91 Å². The third kappa shape index (κ3) is 6.81. The molecule has 0 aromatic heterocycles. The first-order valence-corrected chi connectivity index (χ1v) is 11.0. The summed E-state index contributed by atoms with van der Waals surface area (Å²) in [6.45, 7) is 12.8. The van der Waals surface area contributed by atoms with E-state index in [0.717, 1.165) is 11.3 Å². The molecule has 0 bridgehead atoms. The second-order valence-electron chi connectivity index (χ2n) is 9.49. The van der Waals surface area contributed by atoms with Gasteiger partial charge in [-0.25, -0.2) is 0 Å². The van der Waals surface area contributed by atoms with Gasteiger partial charge in [0.25, 0.3) is 0 Å². The molecule has 1 amide bonds. The van der Waals surface area contributed by atoms with Gasteiger partial charge in [0.15, 0.2) is 0 Å². The van der Waals surface area contributed by atoms with E-state index in [0.29, 0.717) is 22.7 Å². The van der Waals surface area contributed by atoms with Crippen LogP contribution in [0.5, 0.6) is 5.75 Å². The first-order chi connectivity index (χ1) is 14.6. The van der Waals surface area contributed by atoms with Crippen molar-refractivity contribution in [2.75, 3.05) is 11.9 Å². The summed E-state index contributed by atoms with van der Waals surface area (Å²) in [6.07, 6.45) is 0.168. The Morgan fingerprint density at radius 3 is 1.97 bits per heavy atom. The Morgan fingerprint density at radius 2 is 1.52 bits per heavy atom. The molecule has 2 aromatic rings. The lowest BCUT2D eigenvalue weighted by atomic mass is 9.78. The van der Waals surface area contributed by atoms with Crippen molar-refractivity contribution in [2.45, 2.75) is 73.0 Å². The zero-order chi connectivity index (χ0) is 23.2. The maximum atomic E-state index is 12.5. The minimum Gasteiger partial charge on any atom is -0.493 e. The Balaban J connectivity index is 1.97. The number of carbonyl (C=O) groups excluding carboxylic acids is 1. The van der Waals surface area contributed by atoms with Gasteiger partial charge in [-0.15, -0.1) is 0 Å². The van der Waals surface area contributed by atoms with Crippen molar-refractivity contribution in [3.8, 4) is 5.75 Å². The summed E-state index contributed by atoms with van der Waals surface area (Å²) in [5.41, 5.74) is 4.16. The highest BCUT2D eigenvalue weighted by atomic mass is 16.5. The Bertz CT molecular complexity index is 841. The fourth-order valence-electron chi connectivity index (χ4n) is 3.35. The van der Waals surface area contributed by atoms with Crippen molar-refractivity contribution in [1.82, 2.24) is 0 Å². The van der Waals surface area contributed by atoms with E-state index in [2.05, 4.69) is 45.1 Å². The van der Waals surface area contributed by atoms with Crippen molar-refractivity contribution in [3.05, 3.63) is 58.7 Å². The smallest absolute Gasteiger partial charge is 0.227 e. The van der Waals surface area contributed by atoms with E-state index in [1.165, 1.54) is 5.56 Å². The fourth-order valence-corrected chi connectivity index (χ4v) is 3.35. The molecule has 2 rings (SSSR count). The second-order valence-corrected chi connectivity index (χ2v) is 9.49. The van der Waals surface area contributed by atoms with E-state index in [1.807, 2.05) is 38.1 Å². The van der Waals surface area contributed by atoms with E-state index in [9.17, 15) is 15.0 Å². The molecule has 0 aliphatic heterocycles. The van der Waals surface area contributed by atoms with E-state index >= 15 is 0 Å². The lowest BCUT2D eigenvalue weighted by Gasteiger charge is -2.27. The van der Waals surface area contributed by atoms with Gasteiger partial charge < -0.3 is 20.3 Å². The summed E-state index contributed by atoms with van der Waals surface area (Å²) in [4.78, 5) is 12.5. The van der Waals surface area contributed by atoms with Crippen LogP contribution in [0.1, 0.15) is 82.1 Å². The number of anilines is 1. The molecule has 5 heteroatoms. The molecule has 1 atom stereocenters. The number of hydrogen-bond donors (Lipinski definition) is 3. The van der Waals surface area contributed by atoms with Crippen LogP contribution in [0.4, 0.5) is 5.69 Å². The Hall–Kier alpha value is -2.37. The average Bonchev–Trinajstić information content (AvgIpc) is 2.72. The molecule has 0 fully saturated rings. The van der Waals surface area contributed by atoms with Gasteiger partial charge in [0.05, 0.1) is 31.9 Å². The first kappa shape index (κ1) is 24.9. The summed E-state index contributed by atoms with van der Waals surface area (Å²) >= 11 is 0. The topological polar surface area (TPSA) is 78.8 Å². The summed E-state index contributed by atoms with van der Waals surface area (Å²) in [5, 5.41) is 22.3. The first-order valence-electron chi connectivity index (χ1n) is 11.0. The predicted molar refractivity (Wildman–Crippen MR) is 125 cm³/mol. The number of rotatable bonds is 9. The largest absolute Gasteiger partial charge is 0.493 e. The molecule has 1 unspecified atom stereocenters. The third-order valence-corrected chi connectivity index (χ3v) is 5.87. The molecule has 0 spiro atoms. The van der Waals surface area contributed by atoms with Gasteiger partial charge in [-0.3, -0.25) is 4.79 Å². The number of ether oxygens (including phenoxy) is 1. The van der Waals surface area contributed by atoms with Crippen LogP contribution in [-0.4, -0.2) is 22.7 Å². The van der Waals surface area contributed by atoms with Gasteiger partial charge in [-0.1, -0.05) is 65.8 Å². The van der Waals surface area contributed by atoms with Crippen LogP contribution in [-0.2, 0) is 18.0 Å². The van der Waals surface area contributed by atoms with Crippen molar-refractivity contribution in [2.24, 2.45) is 5.41 Å². The maximum Gasteiger partial charge on any atom is 0.227 e. The molecule has 170 valence electrons. The summed E-state index contributed by atoms with van der Waals surface area (Å²) in [5.74, 6) is 1.19. The van der Waals surface area contributed by atoms with Crippen LogP contribution in [0.2, 0.25) is 0 Å². The molecule has 0 heterocycles. The number of hydrogen-bond acceptors (Lipinski definition) is 4. The van der Waals surface area contributed by atoms with E-state index in [4.69, 9.17) is 4.74 Å². The number of aliphatic hydroxyl groups excluding tert-OH is 2. The molecule has 0 saturated carbocycles. The van der Waals surface area contributed by atoms with Gasteiger partial charge >= 0.3 is 0 Å². The predicted octanol–water partition coefficient (Wildman–Crippen LogP) is 5.35. The van der Waals surface area contributed by atoms with E-state index in [1.54, 1.807) is 0 Å². The minimum atomic E-state index is -0.223. The van der Waals surface area contributed by atoms with Crippen LogP contribution >= 0.6 is 0 Å². The normalized spacial score (nSPS) is 12.7. The molecule has 3 N–H and O–H groups in total. The molecule has 31 heavy (non-hydrogen) atoms. The van der Waals surface area contributed by atoms with Crippen LogP contribution in [0.15, 0.2) is 36.4 Å². The Morgan fingerprint density at radius 1 is 0.968 bits per heavy atom. The summed E-state index contributed by atoms with van der Waals surface area (Å²) in [6, 6.07) is 11.8. The van der Waals surface area contributed by atoms with Gasteiger partial charge in [-0.2, -0.15) is 0 Å². The van der Waals surface area contributed by atoms with Crippen molar-refractivity contribution >= 4 is 11.6 Å². The average molecular weight is 428 g/mol. The number of carbonyl (C=O) groups is 1.